The largest absolute Gasteiger partial charge is 0.329 e. The van der Waals surface area contributed by atoms with Gasteiger partial charge >= 0.3 is 0 Å². The molecule has 0 aromatic heterocycles. The molecule has 0 saturated heterocycles. The van der Waals surface area contributed by atoms with Gasteiger partial charge in [0, 0.05) is 11.6 Å². The summed E-state index contributed by atoms with van der Waals surface area (Å²) in [6.07, 6.45) is 5.78. The minimum Gasteiger partial charge on any atom is -0.329 e. The van der Waals surface area contributed by atoms with Crippen molar-refractivity contribution in [3.8, 4) is 0 Å². The van der Waals surface area contributed by atoms with Crippen LogP contribution in [0.25, 0.3) is 0 Å². The number of hydrogen-bond acceptors (Lipinski definition) is 2. The molecule has 1 aliphatic rings. The van der Waals surface area contributed by atoms with Gasteiger partial charge in [-0.05, 0) is 31.0 Å². The van der Waals surface area contributed by atoms with Crippen molar-refractivity contribution in [1.29, 1.82) is 0 Å². The van der Waals surface area contributed by atoms with Crippen molar-refractivity contribution in [2.24, 2.45) is 11.1 Å². The number of anilines is 1. The highest BCUT2D eigenvalue weighted by Gasteiger charge is 2.37. The first kappa shape index (κ1) is 15.3. The predicted molar refractivity (Wildman–Crippen MR) is 79.2 cm³/mol. The SMILES string of the molecule is NCC1(C(=O)Nc2ccc(Cl)cc2F)CCCCCC1. The summed E-state index contributed by atoms with van der Waals surface area (Å²) in [5, 5.41) is 2.98. The molecular formula is C15H20ClFN2O. The summed E-state index contributed by atoms with van der Waals surface area (Å²) in [6.45, 7) is 0.300. The van der Waals surface area contributed by atoms with Crippen LogP contribution in [0.5, 0.6) is 0 Å². The molecule has 1 aromatic rings. The van der Waals surface area contributed by atoms with Crippen LogP contribution in [0.1, 0.15) is 38.5 Å². The van der Waals surface area contributed by atoms with Gasteiger partial charge in [0.25, 0.3) is 0 Å². The standard InChI is InChI=1S/C15H20ClFN2O/c16-11-5-6-13(12(17)9-11)19-14(20)15(10-18)7-3-1-2-4-8-15/h5-6,9H,1-4,7-8,10,18H2,(H,19,20). The number of nitrogens with one attached hydrogen (secondary N) is 1. The molecule has 0 heterocycles. The normalized spacial score (nSPS) is 18.4. The highest BCUT2D eigenvalue weighted by Crippen LogP contribution is 2.35. The Labute approximate surface area is 123 Å². The first-order chi connectivity index (χ1) is 9.57. The number of carbonyl (C=O) groups is 1. The lowest BCUT2D eigenvalue weighted by atomic mass is 9.79. The number of hydrogen-bond donors (Lipinski definition) is 2. The Kier molecular flexibility index (Phi) is 5.00. The zero-order valence-corrected chi connectivity index (χ0v) is 12.2. The minimum atomic E-state index is -0.567. The van der Waals surface area contributed by atoms with Crippen molar-refractivity contribution in [2.75, 3.05) is 11.9 Å². The Hall–Kier alpha value is -1.13. The number of amides is 1. The molecule has 2 rings (SSSR count). The molecule has 1 aromatic carbocycles. The maximum absolute atomic E-state index is 13.8. The third-order valence-electron chi connectivity index (χ3n) is 4.11. The quantitative estimate of drug-likeness (QED) is 0.836. The fourth-order valence-corrected chi connectivity index (χ4v) is 2.93. The molecule has 3 nitrogen and oxygen atoms in total. The van der Waals surface area contributed by atoms with E-state index in [4.69, 9.17) is 17.3 Å². The maximum Gasteiger partial charge on any atom is 0.231 e. The molecule has 5 heteroatoms. The number of rotatable bonds is 3. The fraction of sp³-hybridized carbons (Fsp3) is 0.533. The molecular weight excluding hydrogens is 279 g/mol. The lowest BCUT2D eigenvalue weighted by Crippen LogP contribution is -2.42. The molecule has 1 amide bonds. The zero-order valence-electron chi connectivity index (χ0n) is 11.4. The highest BCUT2D eigenvalue weighted by atomic mass is 35.5. The lowest BCUT2D eigenvalue weighted by molar-refractivity contribution is -0.125. The van der Waals surface area contributed by atoms with Gasteiger partial charge in [-0.1, -0.05) is 37.3 Å². The van der Waals surface area contributed by atoms with Crippen LogP contribution >= 0.6 is 11.6 Å². The third kappa shape index (κ3) is 3.30. The van der Waals surface area contributed by atoms with Gasteiger partial charge in [-0.25, -0.2) is 4.39 Å². The molecule has 1 fully saturated rings. The van der Waals surface area contributed by atoms with Crippen molar-refractivity contribution in [2.45, 2.75) is 38.5 Å². The van der Waals surface area contributed by atoms with Crippen molar-refractivity contribution in [1.82, 2.24) is 0 Å². The van der Waals surface area contributed by atoms with Gasteiger partial charge in [-0.3, -0.25) is 4.79 Å². The van der Waals surface area contributed by atoms with E-state index >= 15 is 0 Å². The highest BCUT2D eigenvalue weighted by molar-refractivity contribution is 6.30. The van der Waals surface area contributed by atoms with E-state index in [0.29, 0.717) is 11.6 Å². The summed E-state index contributed by atoms with van der Waals surface area (Å²) in [6, 6.07) is 4.23. The second-order valence-corrected chi connectivity index (χ2v) is 5.91. The zero-order chi connectivity index (χ0) is 14.6. The second-order valence-electron chi connectivity index (χ2n) is 5.48. The van der Waals surface area contributed by atoms with Crippen LogP contribution in [0.2, 0.25) is 5.02 Å². The maximum atomic E-state index is 13.8. The van der Waals surface area contributed by atoms with Gasteiger partial charge in [-0.2, -0.15) is 0 Å². The molecule has 3 N–H and O–H groups in total. The van der Waals surface area contributed by atoms with Gasteiger partial charge in [-0.15, -0.1) is 0 Å². The summed E-state index contributed by atoms with van der Waals surface area (Å²) in [7, 11) is 0. The number of benzene rings is 1. The van der Waals surface area contributed by atoms with Crippen LogP contribution in [0.4, 0.5) is 10.1 Å². The Bertz CT molecular complexity index is 485. The van der Waals surface area contributed by atoms with E-state index < -0.39 is 11.2 Å². The van der Waals surface area contributed by atoms with Crippen LogP contribution in [-0.4, -0.2) is 12.5 Å². The van der Waals surface area contributed by atoms with Crippen LogP contribution in [0, 0.1) is 11.2 Å². The number of halogens is 2. The Morgan fingerprint density at radius 1 is 1.30 bits per heavy atom. The van der Waals surface area contributed by atoms with Crippen LogP contribution < -0.4 is 11.1 Å². The third-order valence-corrected chi connectivity index (χ3v) is 4.35. The Morgan fingerprint density at radius 3 is 2.50 bits per heavy atom. The average molecular weight is 299 g/mol. The van der Waals surface area contributed by atoms with Gasteiger partial charge in [0.2, 0.25) is 5.91 Å². The summed E-state index contributed by atoms with van der Waals surface area (Å²) >= 11 is 5.71. The first-order valence-electron chi connectivity index (χ1n) is 7.04. The summed E-state index contributed by atoms with van der Waals surface area (Å²) < 4.78 is 13.8. The Morgan fingerprint density at radius 2 is 1.95 bits per heavy atom. The van der Waals surface area contributed by atoms with E-state index in [1.54, 1.807) is 6.07 Å². The minimum absolute atomic E-state index is 0.163. The molecule has 1 saturated carbocycles. The topological polar surface area (TPSA) is 55.1 Å². The molecule has 1 aliphatic carbocycles. The molecule has 0 unspecified atom stereocenters. The summed E-state index contributed by atoms with van der Waals surface area (Å²) in [5.41, 5.74) is 5.45. The van der Waals surface area contributed by atoms with Crippen molar-refractivity contribution in [3.63, 3.8) is 0 Å². The van der Waals surface area contributed by atoms with E-state index in [1.165, 1.54) is 12.1 Å². The van der Waals surface area contributed by atoms with Crippen LogP contribution in [-0.2, 0) is 4.79 Å². The fourth-order valence-electron chi connectivity index (χ4n) is 2.77. The molecule has 0 radical (unpaired) electrons. The number of nitrogens with two attached hydrogens (primary N) is 1. The Balaban J connectivity index is 2.16. The van der Waals surface area contributed by atoms with Crippen LogP contribution in [0.3, 0.4) is 0 Å². The van der Waals surface area contributed by atoms with Crippen molar-refractivity contribution >= 4 is 23.2 Å². The van der Waals surface area contributed by atoms with E-state index in [9.17, 15) is 9.18 Å². The van der Waals surface area contributed by atoms with E-state index in [-0.39, 0.29) is 11.6 Å². The smallest absolute Gasteiger partial charge is 0.231 e. The average Bonchev–Trinajstić information content (AvgIpc) is 2.68. The van der Waals surface area contributed by atoms with Gasteiger partial charge < -0.3 is 11.1 Å². The second kappa shape index (κ2) is 6.55. The van der Waals surface area contributed by atoms with Crippen molar-refractivity contribution in [3.05, 3.63) is 29.0 Å². The molecule has 0 bridgehead atoms. The molecule has 0 aliphatic heterocycles. The predicted octanol–water partition coefficient (Wildman–Crippen LogP) is 3.72. The summed E-state index contributed by atoms with van der Waals surface area (Å²) in [5.74, 6) is -0.699. The van der Waals surface area contributed by atoms with E-state index in [0.717, 1.165) is 38.5 Å². The lowest BCUT2D eigenvalue weighted by Gasteiger charge is -2.29. The molecule has 110 valence electrons. The van der Waals surface area contributed by atoms with Gasteiger partial charge in [0.1, 0.15) is 5.82 Å². The van der Waals surface area contributed by atoms with Crippen LogP contribution in [0.15, 0.2) is 18.2 Å². The van der Waals surface area contributed by atoms with E-state index in [2.05, 4.69) is 5.32 Å². The molecule has 0 spiro atoms. The van der Waals surface area contributed by atoms with E-state index in [1.807, 2.05) is 0 Å². The van der Waals surface area contributed by atoms with Gasteiger partial charge in [0.15, 0.2) is 0 Å². The monoisotopic (exact) mass is 298 g/mol. The summed E-state index contributed by atoms with van der Waals surface area (Å²) in [4.78, 5) is 12.5. The van der Waals surface area contributed by atoms with Crippen molar-refractivity contribution < 1.29 is 9.18 Å². The first-order valence-corrected chi connectivity index (χ1v) is 7.42. The van der Waals surface area contributed by atoms with Gasteiger partial charge in [0.05, 0.1) is 11.1 Å². The molecule has 0 atom stereocenters. The number of carbonyl (C=O) groups excluding carboxylic acids is 1. The molecule has 20 heavy (non-hydrogen) atoms.